The van der Waals surface area contributed by atoms with Gasteiger partial charge in [0.15, 0.2) is 0 Å². The highest BCUT2D eigenvalue weighted by atomic mass is 19.4. The molecule has 1 aliphatic heterocycles. The van der Waals surface area contributed by atoms with E-state index in [1.165, 1.54) is 6.08 Å². The monoisotopic (exact) mass is 603 g/mol. The van der Waals surface area contributed by atoms with Crippen LogP contribution < -0.4 is 5.32 Å². The Morgan fingerprint density at radius 1 is 1.12 bits per heavy atom. The van der Waals surface area contributed by atoms with Crippen LogP contribution in [0.15, 0.2) is 53.1 Å². The number of nitrogens with one attached hydrogen (secondary N) is 1. The number of aliphatic imine (C=N–C) groups is 1. The van der Waals surface area contributed by atoms with Crippen LogP contribution in [0.4, 0.5) is 13.2 Å². The Hall–Kier alpha value is -3.47. The van der Waals surface area contributed by atoms with Crippen molar-refractivity contribution in [2.24, 2.45) is 16.3 Å². The van der Waals surface area contributed by atoms with E-state index in [1.807, 2.05) is 0 Å². The zero-order chi connectivity index (χ0) is 31.4. The summed E-state index contributed by atoms with van der Waals surface area (Å²) >= 11 is 0. The summed E-state index contributed by atoms with van der Waals surface area (Å²) in [5.74, 6) is -1.20. The van der Waals surface area contributed by atoms with Gasteiger partial charge < -0.3 is 15.3 Å². The maximum atomic E-state index is 13.9. The van der Waals surface area contributed by atoms with Gasteiger partial charge in [-0.2, -0.15) is 0 Å². The van der Waals surface area contributed by atoms with Crippen LogP contribution in [0, 0.1) is 11.3 Å². The van der Waals surface area contributed by atoms with E-state index >= 15 is 0 Å². The molecule has 1 saturated carbocycles. The van der Waals surface area contributed by atoms with E-state index in [9.17, 15) is 27.6 Å². The van der Waals surface area contributed by atoms with Crippen molar-refractivity contribution in [3.8, 4) is 0 Å². The molecule has 0 aromatic heterocycles. The number of ether oxygens (including phenoxy) is 1. The molecule has 1 fully saturated rings. The highest BCUT2D eigenvalue weighted by Crippen LogP contribution is 2.47. The highest BCUT2D eigenvalue weighted by Gasteiger charge is 2.50. The van der Waals surface area contributed by atoms with Crippen molar-refractivity contribution in [1.29, 1.82) is 0 Å². The van der Waals surface area contributed by atoms with Crippen LogP contribution in [0.5, 0.6) is 0 Å². The number of rotatable bonds is 9. The molecule has 2 amide bonds. The zero-order valence-electron chi connectivity index (χ0n) is 24.9. The van der Waals surface area contributed by atoms with E-state index in [4.69, 9.17) is 10.1 Å². The van der Waals surface area contributed by atoms with E-state index < -0.39 is 24.1 Å². The molecule has 3 aliphatic rings. The number of carbonyl (C=O) groups excluding carboxylic acids is 2. The van der Waals surface area contributed by atoms with E-state index in [2.05, 4.69) is 30.8 Å². The molecular weight excluding hydrogens is 563 g/mol. The van der Waals surface area contributed by atoms with Gasteiger partial charge in [0.05, 0.1) is 12.5 Å². The number of allylic oxidation sites excluding steroid dienone is 2. The lowest BCUT2D eigenvalue weighted by molar-refractivity contribution is -0.336. The van der Waals surface area contributed by atoms with Crippen LogP contribution in [-0.2, 0) is 20.7 Å². The number of halogens is 3. The number of benzene rings is 1. The first kappa shape index (κ1) is 32.4. The fourth-order valence-electron chi connectivity index (χ4n) is 6.14. The Bertz CT molecular complexity index is 1290. The largest absolute Gasteiger partial charge is 0.523 e. The van der Waals surface area contributed by atoms with Crippen molar-refractivity contribution in [3.63, 3.8) is 0 Å². The first-order chi connectivity index (χ1) is 20.2. The quantitative estimate of drug-likeness (QED) is 0.369. The molecule has 1 aromatic rings. The van der Waals surface area contributed by atoms with E-state index in [0.29, 0.717) is 49.3 Å². The van der Waals surface area contributed by atoms with Crippen LogP contribution in [0.1, 0.15) is 81.6 Å². The van der Waals surface area contributed by atoms with Crippen molar-refractivity contribution in [3.05, 3.63) is 59.2 Å². The summed E-state index contributed by atoms with van der Waals surface area (Å²) in [7, 11) is 0. The van der Waals surface area contributed by atoms with Crippen molar-refractivity contribution in [2.45, 2.75) is 90.3 Å². The van der Waals surface area contributed by atoms with Gasteiger partial charge in [0, 0.05) is 24.2 Å². The second kappa shape index (κ2) is 13.0. The number of amides is 2. The molecule has 1 spiro atoms. The van der Waals surface area contributed by atoms with Gasteiger partial charge in [-0.1, -0.05) is 45.1 Å². The van der Waals surface area contributed by atoms with E-state index in [0.717, 1.165) is 18.4 Å². The highest BCUT2D eigenvalue weighted by molar-refractivity contribution is 6.47. The first-order valence-electron chi connectivity index (χ1n) is 14.8. The number of nitrogens with zero attached hydrogens (tertiary/aromatic N) is 2. The summed E-state index contributed by atoms with van der Waals surface area (Å²) in [5.41, 5.74) is 1.18. The van der Waals surface area contributed by atoms with Crippen LogP contribution in [0.25, 0.3) is 0 Å². The van der Waals surface area contributed by atoms with Gasteiger partial charge in [0.25, 0.3) is 11.8 Å². The summed E-state index contributed by atoms with van der Waals surface area (Å²) in [6, 6.07) is 6.91. The van der Waals surface area contributed by atoms with Crippen LogP contribution in [-0.4, -0.2) is 64.7 Å². The summed E-state index contributed by atoms with van der Waals surface area (Å²) in [4.78, 5) is 43.7. The van der Waals surface area contributed by atoms with Gasteiger partial charge in [-0.05, 0) is 80.1 Å². The number of alkyl halides is 3. The lowest BCUT2D eigenvalue weighted by Crippen LogP contribution is -2.50. The number of hydrogen-bond acceptors (Lipinski definition) is 5. The molecular formula is C32H40F3N3O5. The molecule has 1 aromatic carbocycles. The molecule has 234 valence electrons. The number of aliphatic carboxylic acids is 1. The van der Waals surface area contributed by atoms with Crippen molar-refractivity contribution < 1.29 is 37.4 Å². The van der Waals surface area contributed by atoms with Gasteiger partial charge in [-0.25, -0.2) is 0 Å². The average molecular weight is 604 g/mol. The van der Waals surface area contributed by atoms with E-state index in [-0.39, 0.29) is 42.3 Å². The SMILES string of the molecule is CC(C)(C)C1CCC2(CC1)N=C(C1=CC(OC(F)(F)F)CCC=C1)C(=O)N2CCc1ccc(C(=O)NCCC(=O)O)cc1. The molecule has 0 radical (unpaired) electrons. The first-order valence-corrected chi connectivity index (χ1v) is 14.8. The molecule has 1 heterocycles. The average Bonchev–Trinajstić information content (AvgIpc) is 3.03. The van der Waals surface area contributed by atoms with Gasteiger partial charge >= 0.3 is 12.3 Å². The smallest absolute Gasteiger partial charge is 0.481 e. The minimum atomic E-state index is -4.79. The predicted octanol–water partition coefficient (Wildman–Crippen LogP) is 5.83. The zero-order valence-corrected chi connectivity index (χ0v) is 24.9. The molecule has 8 nitrogen and oxygen atoms in total. The molecule has 4 rings (SSSR count). The molecule has 2 aliphatic carbocycles. The molecule has 0 bridgehead atoms. The Kier molecular flexibility index (Phi) is 9.83. The predicted molar refractivity (Wildman–Crippen MR) is 155 cm³/mol. The van der Waals surface area contributed by atoms with E-state index in [1.54, 1.807) is 41.3 Å². The lowest BCUT2D eigenvalue weighted by atomic mass is 9.69. The Labute approximate surface area is 250 Å². The van der Waals surface area contributed by atoms with Gasteiger partial charge in [0.1, 0.15) is 11.4 Å². The fraction of sp³-hybridized carbons (Fsp3) is 0.562. The van der Waals surface area contributed by atoms with Crippen LogP contribution >= 0.6 is 0 Å². The molecule has 2 N–H and O–H groups in total. The standard InChI is InChI=1S/C32H40F3N3O5/c1-30(2,3)24-12-16-31(17-13-24)37-27(23-6-4-5-7-25(20-23)43-32(33,34)35)29(42)38(31)19-15-21-8-10-22(11-9-21)28(41)36-18-14-26(39)40/h4,6,8-11,20,24-25H,5,7,12-19H2,1-3H3,(H,36,41)(H,39,40). The topological polar surface area (TPSA) is 108 Å². The summed E-state index contributed by atoms with van der Waals surface area (Å²) in [6.07, 6.45) is 2.76. The number of carboxylic acids is 1. The third-order valence-corrected chi connectivity index (χ3v) is 8.58. The molecule has 1 atom stereocenters. The molecule has 43 heavy (non-hydrogen) atoms. The summed E-state index contributed by atoms with van der Waals surface area (Å²) in [6.45, 7) is 7.01. The minimum Gasteiger partial charge on any atom is -0.481 e. The fourth-order valence-corrected chi connectivity index (χ4v) is 6.14. The Morgan fingerprint density at radius 2 is 1.79 bits per heavy atom. The van der Waals surface area contributed by atoms with Crippen LogP contribution in [0.3, 0.4) is 0 Å². The molecule has 0 saturated heterocycles. The second-order valence-electron chi connectivity index (χ2n) is 12.6. The normalized spacial score (nSPS) is 24.5. The lowest BCUT2D eigenvalue weighted by Gasteiger charge is -2.45. The number of hydrogen-bond donors (Lipinski definition) is 2. The van der Waals surface area contributed by atoms with Crippen molar-refractivity contribution in [1.82, 2.24) is 10.2 Å². The number of carbonyl (C=O) groups is 3. The van der Waals surface area contributed by atoms with Gasteiger partial charge in [-0.3, -0.25) is 24.1 Å². The van der Waals surface area contributed by atoms with Crippen LogP contribution in [0.2, 0.25) is 0 Å². The third kappa shape index (κ3) is 8.34. The molecule has 11 heteroatoms. The Morgan fingerprint density at radius 3 is 2.40 bits per heavy atom. The maximum Gasteiger partial charge on any atom is 0.523 e. The Balaban J connectivity index is 1.53. The van der Waals surface area contributed by atoms with Crippen molar-refractivity contribution >= 4 is 23.5 Å². The molecule has 1 unspecified atom stereocenters. The maximum absolute atomic E-state index is 13.9. The van der Waals surface area contributed by atoms with Gasteiger partial charge in [-0.15, -0.1) is 13.2 Å². The summed E-state index contributed by atoms with van der Waals surface area (Å²) in [5, 5.41) is 11.3. The summed E-state index contributed by atoms with van der Waals surface area (Å²) < 4.78 is 43.4. The minimum absolute atomic E-state index is 0.0299. The second-order valence-corrected chi connectivity index (χ2v) is 12.6. The number of carboxylic acid groups (broad SMARTS) is 1. The third-order valence-electron chi connectivity index (χ3n) is 8.58. The van der Waals surface area contributed by atoms with Crippen molar-refractivity contribution in [2.75, 3.05) is 13.1 Å². The van der Waals surface area contributed by atoms with Gasteiger partial charge in [0.2, 0.25) is 0 Å².